The maximum atomic E-state index is 13.0. The molecule has 1 heterocycles. The van der Waals surface area contributed by atoms with Crippen molar-refractivity contribution in [3.05, 3.63) is 58.1 Å². The fraction of sp³-hybridized carbons (Fsp3) is 0.391. The van der Waals surface area contributed by atoms with Crippen LogP contribution in [0.2, 0.25) is 5.02 Å². The molecule has 1 aliphatic heterocycles. The van der Waals surface area contributed by atoms with Gasteiger partial charge in [0.15, 0.2) is 0 Å². The van der Waals surface area contributed by atoms with Crippen LogP contribution in [0.25, 0.3) is 0 Å². The molecule has 2 aromatic rings. The van der Waals surface area contributed by atoms with Gasteiger partial charge in [0.1, 0.15) is 4.90 Å². The summed E-state index contributed by atoms with van der Waals surface area (Å²) in [6.45, 7) is 4.50. The lowest BCUT2D eigenvalue weighted by Gasteiger charge is -2.26. The third kappa shape index (κ3) is 5.31. The number of piperidine rings is 1. The highest BCUT2D eigenvalue weighted by molar-refractivity contribution is 7.89. The summed E-state index contributed by atoms with van der Waals surface area (Å²) in [5, 5.41) is 2.92. The quantitative estimate of drug-likeness (QED) is 0.684. The molecule has 1 saturated heterocycles. The predicted octanol–water partition coefficient (Wildman–Crippen LogP) is 3.84. The first-order chi connectivity index (χ1) is 15.1. The van der Waals surface area contributed by atoms with Crippen LogP contribution in [0, 0.1) is 13.8 Å². The number of sulfonamides is 1. The number of nitrogens with one attached hydrogen (secondary N) is 1. The number of anilines is 1. The molecule has 7 nitrogen and oxygen atoms in total. The number of likely N-dealkylation sites (N-methyl/N-ethyl adjacent to an activating group) is 1. The van der Waals surface area contributed by atoms with Crippen molar-refractivity contribution < 1.29 is 18.0 Å². The van der Waals surface area contributed by atoms with Gasteiger partial charge in [-0.05, 0) is 56.0 Å². The minimum atomic E-state index is -3.80. The maximum Gasteiger partial charge on any atom is 0.254 e. The second-order valence-electron chi connectivity index (χ2n) is 8.09. The van der Waals surface area contributed by atoms with Crippen molar-refractivity contribution in [2.75, 3.05) is 32.0 Å². The van der Waals surface area contributed by atoms with Gasteiger partial charge in [0.05, 0.1) is 11.6 Å². The van der Waals surface area contributed by atoms with Crippen LogP contribution in [0.4, 0.5) is 5.69 Å². The van der Waals surface area contributed by atoms with Gasteiger partial charge in [-0.15, -0.1) is 0 Å². The Kier molecular flexibility index (Phi) is 7.59. The number of nitrogens with zero attached hydrogens (tertiary/aromatic N) is 2. The van der Waals surface area contributed by atoms with E-state index in [0.717, 1.165) is 36.1 Å². The van der Waals surface area contributed by atoms with Crippen LogP contribution in [0.15, 0.2) is 41.3 Å². The van der Waals surface area contributed by atoms with Gasteiger partial charge in [0.25, 0.3) is 5.91 Å². The number of rotatable bonds is 6. The maximum absolute atomic E-state index is 13.0. The lowest BCUT2D eigenvalue weighted by molar-refractivity contribution is -0.116. The van der Waals surface area contributed by atoms with Gasteiger partial charge in [-0.2, -0.15) is 4.31 Å². The van der Waals surface area contributed by atoms with Gasteiger partial charge in [0, 0.05) is 31.4 Å². The molecule has 0 spiro atoms. The van der Waals surface area contributed by atoms with Crippen LogP contribution in [-0.4, -0.2) is 56.1 Å². The molecule has 0 radical (unpaired) electrons. The number of hydrogen-bond acceptors (Lipinski definition) is 4. The SMILES string of the molecule is Cc1cccc(C)c1NC(=O)CN(C)C(=O)c1ccc(Cl)c(S(=O)(=O)N2CCCCC2)c1. The zero-order valence-corrected chi connectivity index (χ0v) is 20.1. The van der Waals surface area contributed by atoms with Crippen molar-refractivity contribution in [3.8, 4) is 0 Å². The van der Waals surface area contributed by atoms with E-state index >= 15 is 0 Å². The first-order valence-electron chi connectivity index (χ1n) is 10.5. The van der Waals surface area contributed by atoms with Gasteiger partial charge >= 0.3 is 0 Å². The van der Waals surface area contributed by atoms with Crippen LogP contribution >= 0.6 is 11.6 Å². The number of carbonyl (C=O) groups is 2. The van der Waals surface area contributed by atoms with E-state index in [1.54, 1.807) is 0 Å². The topological polar surface area (TPSA) is 86.8 Å². The van der Waals surface area contributed by atoms with Crippen molar-refractivity contribution in [2.45, 2.75) is 38.0 Å². The van der Waals surface area contributed by atoms with Crippen molar-refractivity contribution in [1.82, 2.24) is 9.21 Å². The summed E-state index contributed by atoms with van der Waals surface area (Å²) in [7, 11) is -2.30. The fourth-order valence-electron chi connectivity index (χ4n) is 3.78. The summed E-state index contributed by atoms with van der Waals surface area (Å²) in [6, 6.07) is 9.89. The summed E-state index contributed by atoms with van der Waals surface area (Å²) in [5.41, 5.74) is 2.74. The average molecular weight is 478 g/mol. The lowest BCUT2D eigenvalue weighted by Crippen LogP contribution is -2.36. The molecule has 0 saturated carbocycles. The minimum absolute atomic E-state index is 0.0718. The molecule has 9 heteroatoms. The van der Waals surface area contributed by atoms with Crippen LogP contribution in [0.3, 0.4) is 0 Å². The van der Waals surface area contributed by atoms with E-state index in [9.17, 15) is 18.0 Å². The van der Waals surface area contributed by atoms with E-state index in [2.05, 4.69) is 5.32 Å². The van der Waals surface area contributed by atoms with Crippen LogP contribution in [-0.2, 0) is 14.8 Å². The number of amides is 2. The summed E-state index contributed by atoms with van der Waals surface area (Å²) in [5.74, 6) is -0.804. The Morgan fingerprint density at radius 3 is 2.31 bits per heavy atom. The third-order valence-corrected chi connectivity index (χ3v) is 7.96. The molecular formula is C23H28ClN3O4S. The Balaban J connectivity index is 1.75. The first-order valence-corrected chi connectivity index (χ1v) is 12.3. The first kappa shape index (κ1) is 24.2. The summed E-state index contributed by atoms with van der Waals surface area (Å²) < 4.78 is 27.5. The number of carbonyl (C=O) groups excluding carboxylic acids is 2. The zero-order chi connectivity index (χ0) is 23.5. The number of halogens is 1. The molecule has 1 N–H and O–H groups in total. The zero-order valence-electron chi connectivity index (χ0n) is 18.5. The van der Waals surface area contributed by atoms with Crippen molar-refractivity contribution in [1.29, 1.82) is 0 Å². The lowest BCUT2D eigenvalue weighted by atomic mass is 10.1. The molecular weight excluding hydrogens is 450 g/mol. The Labute approximate surface area is 194 Å². The van der Waals surface area contributed by atoms with E-state index in [-0.39, 0.29) is 27.9 Å². The van der Waals surface area contributed by atoms with Crippen LogP contribution in [0.1, 0.15) is 40.7 Å². The smallest absolute Gasteiger partial charge is 0.254 e. The molecule has 3 rings (SSSR count). The Hall–Kier alpha value is -2.42. The number of hydrogen-bond donors (Lipinski definition) is 1. The van der Waals surface area contributed by atoms with E-state index < -0.39 is 15.9 Å². The minimum Gasteiger partial charge on any atom is -0.332 e. The Morgan fingerprint density at radius 1 is 1.06 bits per heavy atom. The molecule has 172 valence electrons. The Morgan fingerprint density at radius 2 is 1.69 bits per heavy atom. The highest BCUT2D eigenvalue weighted by Gasteiger charge is 2.29. The standard InChI is InChI=1S/C23H28ClN3O4S/c1-16-8-7-9-17(2)22(16)25-21(28)15-26(3)23(29)18-10-11-19(24)20(14-18)32(30,31)27-12-5-4-6-13-27/h7-11,14H,4-6,12-13,15H2,1-3H3,(H,25,28). The monoisotopic (exact) mass is 477 g/mol. The fourth-order valence-corrected chi connectivity index (χ4v) is 5.79. The molecule has 0 bridgehead atoms. The van der Waals surface area contributed by atoms with E-state index in [1.165, 1.54) is 34.5 Å². The highest BCUT2D eigenvalue weighted by atomic mass is 35.5. The second kappa shape index (κ2) is 10.0. The number of para-hydroxylation sites is 1. The molecule has 1 fully saturated rings. The molecule has 2 amide bonds. The van der Waals surface area contributed by atoms with Gasteiger partial charge < -0.3 is 10.2 Å². The van der Waals surface area contributed by atoms with E-state index in [0.29, 0.717) is 13.1 Å². The molecule has 32 heavy (non-hydrogen) atoms. The van der Waals surface area contributed by atoms with Crippen molar-refractivity contribution in [2.24, 2.45) is 0 Å². The number of benzene rings is 2. The predicted molar refractivity (Wildman–Crippen MR) is 126 cm³/mol. The van der Waals surface area contributed by atoms with Gasteiger partial charge in [-0.3, -0.25) is 9.59 Å². The second-order valence-corrected chi connectivity index (χ2v) is 10.4. The normalized spacial score (nSPS) is 14.8. The largest absolute Gasteiger partial charge is 0.332 e. The van der Waals surface area contributed by atoms with Crippen molar-refractivity contribution in [3.63, 3.8) is 0 Å². The van der Waals surface area contributed by atoms with Gasteiger partial charge in [0.2, 0.25) is 15.9 Å². The van der Waals surface area contributed by atoms with Crippen LogP contribution < -0.4 is 5.32 Å². The summed E-state index contributed by atoms with van der Waals surface area (Å²) in [4.78, 5) is 26.6. The summed E-state index contributed by atoms with van der Waals surface area (Å²) in [6.07, 6.45) is 2.59. The molecule has 0 atom stereocenters. The van der Waals surface area contributed by atoms with E-state index in [1.807, 2.05) is 32.0 Å². The van der Waals surface area contributed by atoms with E-state index in [4.69, 9.17) is 11.6 Å². The van der Waals surface area contributed by atoms with Crippen molar-refractivity contribution >= 4 is 39.1 Å². The molecule has 0 aliphatic carbocycles. The van der Waals surface area contributed by atoms with Gasteiger partial charge in [-0.25, -0.2) is 8.42 Å². The Bertz CT molecular complexity index is 1110. The number of aryl methyl sites for hydroxylation is 2. The average Bonchev–Trinajstić information content (AvgIpc) is 2.76. The van der Waals surface area contributed by atoms with Gasteiger partial charge in [-0.1, -0.05) is 36.2 Å². The highest BCUT2D eigenvalue weighted by Crippen LogP contribution is 2.28. The molecule has 0 aromatic heterocycles. The molecule has 2 aromatic carbocycles. The molecule has 1 aliphatic rings. The summed E-state index contributed by atoms with van der Waals surface area (Å²) >= 11 is 6.19. The van der Waals surface area contributed by atoms with Crippen LogP contribution in [0.5, 0.6) is 0 Å². The molecule has 0 unspecified atom stereocenters. The third-order valence-electron chi connectivity index (χ3n) is 5.58.